The van der Waals surface area contributed by atoms with Gasteiger partial charge in [-0.2, -0.15) is 0 Å². The van der Waals surface area contributed by atoms with Gasteiger partial charge in [0.1, 0.15) is 52.9 Å². The van der Waals surface area contributed by atoms with Crippen LogP contribution in [-0.2, 0) is 36.7 Å². The second kappa shape index (κ2) is 10.2. The van der Waals surface area contributed by atoms with Crippen LogP contribution in [-0.4, -0.2) is 109 Å². The number of phosphoric acid groups is 2. The van der Waals surface area contributed by atoms with E-state index in [9.17, 15) is 34.2 Å². The molecule has 0 aliphatic carbocycles. The first-order valence-corrected chi connectivity index (χ1v) is 11.2. The molecule has 2 fully saturated rings. The van der Waals surface area contributed by atoms with Crippen LogP contribution in [0.3, 0.4) is 0 Å². The summed E-state index contributed by atoms with van der Waals surface area (Å²) in [6.07, 6.45) is -8.68. The quantitative estimate of drug-likeness (QED) is 0.106. The van der Waals surface area contributed by atoms with Gasteiger partial charge in [0.15, 0.2) is 0 Å². The van der Waals surface area contributed by atoms with E-state index in [0.29, 0.717) is 0 Å². The molecule has 2 rings (SSSR count). The fraction of sp³-hybridized carbons (Fsp3) is 1.00. The number of ether oxygens (including phenoxy) is 2. The molecule has 4 radical (unpaired) electrons. The molecule has 18 heteroatoms. The van der Waals surface area contributed by atoms with Gasteiger partial charge in [-0.1, -0.05) is 0 Å². The smallest absolute Gasteiger partial charge is 0.388 e. The van der Waals surface area contributed by atoms with Crippen LogP contribution in [0.4, 0.5) is 0 Å². The summed E-state index contributed by atoms with van der Waals surface area (Å²) in [7, 11) is 1.46. The number of phosphoric ester groups is 2. The van der Waals surface area contributed by atoms with Crippen molar-refractivity contribution in [3.63, 3.8) is 0 Å². The molecule has 2 aliphatic rings. The Morgan fingerprint density at radius 1 is 0.828 bits per heavy atom. The molecule has 0 amide bonds. The lowest BCUT2D eigenvalue weighted by molar-refractivity contribution is -0.0328. The van der Waals surface area contributed by atoms with Crippen molar-refractivity contribution in [1.82, 2.24) is 0 Å². The fourth-order valence-electron chi connectivity index (χ4n) is 2.60. The molecule has 0 aromatic carbocycles. The van der Waals surface area contributed by atoms with Crippen molar-refractivity contribution < 1.29 is 61.8 Å². The summed E-state index contributed by atoms with van der Waals surface area (Å²) in [6.45, 7) is -2.02. The summed E-state index contributed by atoms with van der Waals surface area (Å²) < 4.78 is 52.2. The number of aliphatic hydroxyl groups excluding tert-OH is 3. The van der Waals surface area contributed by atoms with Gasteiger partial charge in [0.25, 0.3) is 0 Å². The molecule has 2 aliphatic heterocycles. The van der Waals surface area contributed by atoms with Gasteiger partial charge in [-0.25, -0.2) is 9.13 Å². The molecular weight excluding hydrogens is 438 g/mol. The first kappa shape index (κ1) is 25.4. The van der Waals surface area contributed by atoms with Crippen LogP contribution in [0.1, 0.15) is 0 Å². The van der Waals surface area contributed by atoms with Crippen molar-refractivity contribution in [2.75, 3.05) is 19.9 Å². The Morgan fingerprint density at radius 3 is 1.90 bits per heavy atom. The average molecular weight is 459 g/mol. The topological polar surface area (TPSA) is 217 Å². The normalized spacial score (nSPS) is 41.9. The van der Waals surface area contributed by atoms with Gasteiger partial charge < -0.3 is 40.3 Å². The Morgan fingerprint density at radius 2 is 1.34 bits per heavy atom. The molecule has 0 saturated carbocycles. The third-order valence-corrected chi connectivity index (χ3v) is 6.00. The first-order valence-electron chi connectivity index (χ1n) is 8.21. The second-order valence-electron chi connectivity index (χ2n) is 6.14. The van der Waals surface area contributed by atoms with E-state index in [2.05, 4.69) is 9.05 Å². The van der Waals surface area contributed by atoms with Crippen molar-refractivity contribution in [3.05, 3.63) is 0 Å². The van der Waals surface area contributed by atoms with Crippen LogP contribution in [0, 0.1) is 0 Å². The number of rotatable bonds is 10. The van der Waals surface area contributed by atoms with Gasteiger partial charge in [-0.05, 0) is 0 Å². The first-order chi connectivity index (χ1) is 13.4. The second-order valence-corrected chi connectivity index (χ2v) is 9.00. The highest BCUT2D eigenvalue weighted by atomic mass is 31.2. The number of hydrogen-bond acceptors (Lipinski definition) is 12. The van der Waals surface area contributed by atoms with E-state index in [4.69, 9.17) is 39.9 Å². The Balaban J connectivity index is 1.95. The summed E-state index contributed by atoms with van der Waals surface area (Å²) in [6, 6.07) is -2.58. The van der Waals surface area contributed by atoms with E-state index in [1.165, 1.54) is 0 Å². The van der Waals surface area contributed by atoms with Crippen molar-refractivity contribution in [1.29, 1.82) is 0 Å². The number of aliphatic hydroxyl groups is 3. The SMILES string of the molecule is [B][C@@H]1O[C@H](COP(=O)(O)OC2[C@@H](COP(=O)(O)OCN)O[C@@H]([B])[C@H]2O)C(O)[C@@H]1O. The highest BCUT2D eigenvalue weighted by Gasteiger charge is 2.47. The molecule has 7 N–H and O–H groups in total. The van der Waals surface area contributed by atoms with Crippen LogP contribution in [0.5, 0.6) is 0 Å². The Kier molecular flexibility index (Phi) is 8.88. The molecule has 164 valence electrons. The van der Waals surface area contributed by atoms with Crippen LogP contribution in [0.25, 0.3) is 0 Å². The average Bonchev–Trinajstić information content (AvgIpc) is 3.02. The maximum atomic E-state index is 12.2. The van der Waals surface area contributed by atoms with Crippen molar-refractivity contribution in [2.24, 2.45) is 5.73 Å². The molecule has 0 aromatic rings. The lowest BCUT2D eigenvalue weighted by Crippen LogP contribution is -2.37. The van der Waals surface area contributed by atoms with Gasteiger partial charge in [0, 0.05) is 12.0 Å². The lowest BCUT2D eigenvalue weighted by atomic mass is 9.93. The highest BCUT2D eigenvalue weighted by Crippen LogP contribution is 2.49. The van der Waals surface area contributed by atoms with E-state index >= 15 is 0 Å². The van der Waals surface area contributed by atoms with Crippen molar-refractivity contribution in [2.45, 2.75) is 48.6 Å². The van der Waals surface area contributed by atoms with Gasteiger partial charge in [0.05, 0.1) is 19.3 Å². The van der Waals surface area contributed by atoms with Crippen LogP contribution in [0.15, 0.2) is 0 Å². The Labute approximate surface area is 168 Å². The molecule has 0 aromatic heterocycles. The monoisotopic (exact) mass is 459 g/mol. The van der Waals surface area contributed by atoms with E-state index in [1.54, 1.807) is 0 Å². The number of hydrogen-bond donors (Lipinski definition) is 6. The maximum Gasteiger partial charge on any atom is 0.473 e. The van der Waals surface area contributed by atoms with Crippen molar-refractivity contribution >= 4 is 31.3 Å². The summed E-state index contributed by atoms with van der Waals surface area (Å²) in [4.78, 5) is 19.2. The molecule has 0 bridgehead atoms. The van der Waals surface area contributed by atoms with E-state index < -0.39 is 84.2 Å². The molecular formula is C11H21B2NO13P2. The summed E-state index contributed by atoms with van der Waals surface area (Å²) in [5, 5.41) is 29.2. The molecule has 14 nitrogen and oxygen atoms in total. The predicted molar refractivity (Wildman–Crippen MR) is 93.4 cm³/mol. The van der Waals surface area contributed by atoms with Gasteiger partial charge in [-0.15, -0.1) is 0 Å². The summed E-state index contributed by atoms with van der Waals surface area (Å²) >= 11 is 0. The summed E-state index contributed by atoms with van der Waals surface area (Å²) in [5.41, 5.74) is 4.98. The van der Waals surface area contributed by atoms with Crippen LogP contribution >= 0.6 is 15.6 Å². The standard InChI is InChI=1S/C11H21B2NO13P2/c12-10-7(16)6(15)4(25-10)1-23-29(20,21)27-9-5(26-11(13)8(9)17)2-22-28(18,19)24-3-14/h4-11,15-17H,1-3,14H2,(H,18,19)(H,20,21)/t4-,5-,6?,7+,8+,9?,10-,11-/m1/s1. The van der Waals surface area contributed by atoms with Crippen molar-refractivity contribution in [3.8, 4) is 0 Å². The molecule has 2 saturated heterocycles. The molecule has 10 atom stereocenters. The fourth-order valence-corrected chi connectivity index (χ4v) is 4.16. The zero-order valence-corrected chi connectivity index (χ0v) is 16.7. The zero-order chi connectivity index (χ0) is 22.0. The van der Waals surface area contributed by atoms with Crippen LogP contribution < -0.4 is 5.73 Å². The molecule has 0 spiro atoms. The van der Waals surface area contributed by atoms with Gasteiger partial charge in [0.2, 0.25) is 0 Å². The largest absolute Gasteiger partial charge is 0.473 e. The van der Waals surface area contributed by atoms with Crippen LogP contribution in [0.2, 0.25) is 0 Å². The Hall–Kier alpha value is 0.110. The zero-order valence-electron chi connectivity index (χ0n) is 14.9. The molecule has 2 heterocycles. The lowest BCUT2D eigenvalue weighted by Gasteiger charge is -2.24. The molecule has 4 unspecified atom stereocenters. The minimum absolute atomic E-state index is 0.617. The van der Waals surface area contributed by atoms with E-state index in [-0.39, 0.29) is 0 Å². The highest BCUT2D eigenvalue weighted by molar-refractivity contribution is 7.47. The van der Waals surface area contributed by atoms with Gasteiger partial charge >= 0.3 is 15.6 Å². The predicted octanol–water partition coefficient (Wildman–Crippen LogP) is -3.59. The van der Waals surface area contributed by atoms with E-state index in [1.807, 2.05) is 0 Å². The third kappa shape index (κ3) is 6.79. The van der Waals surface area contributed by atoms with Gasteiger partial charge in [-0.3, -0.25) is 18.1 Å². The third-order valence-electron chi connectivity index (χ3n) is 4.07. The maximum absolute atomic E-state index is 12.2. The Bertz CT molecular complexity index is 646. The summed E-state index contributed by atoms with van der Waals surface area (Å²) in [5.74, 6) is 0. The minimum Gasteiger partial charge on any atom is -0.388 e. The number of nitrogens with two attached hydrogens (primary N) is 1. The van der Waals surface area contributed by atoms with E-state index in [0.717, 1.165) is 0 Å². The minimum atomic E-state index is -4.89. The molecule has 29 heavy (non-hydrogen) atoms.